The fraction of sp³-hybridized carbons (Fsp3) is 0.312. The van der Waals surface area contributed by atoms with Gasteiger partial charge in [-0.25, -0.2) is 0 Å². The lowest BCUT2D eigenvalue weighted by atomic mass is 10.0. The molecule has 0 saturated heterocycles. The first-order valence-electron chi connectivity index (χ1n) is 6.71. The minimum atomic E-state index is -0.113. The molecule has 1 aliphatic rings. The summed E-state index contributed by atoms with van der Waals surface area (Å²) in [5, 5.41) is 3.10. The molecular formula is C16H17NO2. The number of benzene rings is 1. The zero-order chi connectivity index (χ0) is 13.1. The van der Waals surface area contributed by atoms with Gasteiger partial charge in [-0.1, -0.05) is 30.3 Å². The summed E-state index contributed by atoms with van der Waals surface area (Å²) in [5.41, 5.74) is 1.26. The van der Waals surface area contributed by atoms with Gasteiger partial charge in [-0.2, -0.15) is 0 Å². The van der Waals surface area contributed by atoms with E-state index in [9.17, 15) is 4.79 Å². The summed E-state index contributed by atoms with van der Waals surface area (Å²) < 4.78 is 5.13. The van der Waals surface area contributed by atoms with E-state index in [1.54, 1.807) is 12.1 Å². The molecule has 1 N–H and O–H groups in total. The van der Waals surface area contributed by atoms with Crippen LogP contribution >= 0.6 is 0 Å². The zero-order valence-electron chi connectivity index (χ0n) is 10.7. The zero-order valence-corrected chi connectivity index (χ0v) is 10.7. The molecule has 0 bridgehead atoms. The molecule has 1 saturated carbocycles. The Morgan fingerprint density at radius 2 is 2.00 bits per heavy atom. The molecule has 2 aromatic rings. The van der Waals surface area contributed by atoms with Crippen LogP contribution in [0.25, 0.3) is 0 Å². The predicted molar refractivity (Wildman–Crippen MR) is 72.8 cm³/mol. The first-order chi connectivity index (χ1) is 9.33. The van der Waals surface area contributed by atoms with Gasteiger partial charge in [0.15, 0.2) is 5.76 Å². The molecule has 1 aromatic heterocycles. The van der Waals surface area contributed by atoms with Crippen LogP contribution in [-0.4, -0.2) is 11.9 Å². The topological polar surface area (TPSA) is 42.2 Å². The Morgan fingerprint density at radius 1 is 1.21 bits per heavy atom. The molecule has 1 heterocycles. The SMILES string of the molecule is O=C(NC(Cc1ccccc1)C1CC1)c1ccco1. The predicted octanol–water partition coefficient (Wildman–Crippen LogP) is 3.03. The van der Waals surface area contributed by atoms with E-state index in [2.05, 4.69) is 17.4 Å². The molecule has 0 spiro atoms. The van der Waals surface area contributed by atoms with Crippen molar-refractivity contribution in [2.75, 3.05) is 0 Å². The number of furan rings is 1. The van der Waals surface area contributed by atoms with Gasteiger partial charge in [-0.05, 0) is 42.9 Å². The lowest BCUT2D eigenvalue weighted by Gasteiger charge is -2.17. The second kappa shape index (κ2) is 5.31. The van der Waals surface area contributed by atoms with Crippen molar-refractivity contribution in [3.8, 4) is 0 Å². The average Bonchev–Trinajstić information content (AvgIpc) is 3.13. The summed E-state index contributed by atoms with van der Waals surface area (Å²) in [4.78, 5) is 12.0. The minimum absolute atomic E-state index is 0.113. The standard InChI is InChI=1S/C16H17NO2/c18-16(15-7-4-10-19-15)17-14(13-8-9-13)11-12-5-2-1-3-6-12/h1-7,10,13-14H,8-9,11H2,(H,17,18). The van der Waals surface area contributed by atoms with E-state index in [0.29, 0.717) is 11.7 Å². The Labute approximate surface area is 112 Å². The van der Waals surface area contributed by atoms with Crippen molar-refractivity contribution in [2.24, 2.45) is 5.92 Å². The highest BCUT2D eigenvalue weighted by molar-refractivity contribution is 5.91. The molecule has 0 radical (unpaired) electrons. The van der Waals surface area contributed by atoms with E-state index in [0.717, 1.165) is 6.42 Å². The lowest BCUT2D eigenvalue weighted by Crippen LogP contribution is -2.37. The molecular weight excluding hydrogens is 238 g/mol. The summed E-state index contributed by atoms with van der Waals surface area (Å²) in [6, 6.07) is 13.9. The summed E-state index contributed by atoms with van der Waals surface area (Å²) in [5.74, 6) is 0.885. The number of nitrogens with one attached hydrogen (secondary N) is 1. The van der Waals surface area contributed by atoms with Gasteiger partial charge in [0, 0.05) is 6.04 Å². The third-order valence-electron chi connectivity index (χ3n) is 3.55. The van der Waals surface area contributed by atoms with Crippen molar-refractivity contribution >= 4 is 5.91 Å². The van der Waals surface area contributed by atoms with Gasteiger partial charge in [-0.3, -0.25) is 4.79 Å². The molecule has 3 heteroatoms. The first kappa shape index (κ1) is 12.0. The Balaban J connectivity index is 1.66. The number of rotatable bonds is 5. The lowest BCUT2D eigenvalue weighted by molar-refractivity contribution is 0.0904. The molecule has 1 atom stereocenters. The van der Waals surface area contributed by atoms with Crippen LogP contribution in [0, 0.1) is 5.92 Å². The third kappa shape index (κ3) is 3.05. The van der Waals surface area contributed by atoms with Gasteiger partial charge < -0.3 is 9.73 Å². The van der Waals surface area contributed by atoms with E-state index in [4.69, 9.17) is 4.42 Å². The highest BCUT2D eigenvalue weighted by atomic mass is 16.3. The van der Waals surface area contributed by atoms with Crippen molar-refractivity contribution < 1.29 is 9.21 Å². The van der Waals surface area contributed by atoms with E-state index in [1.807, 2.05) is 18.2 Å². The summed E-state index contributed by atoms with van der Waals surface area (Å²) >= 11 is 0. The molecule has 1 aromatic carbocycles. The maximum atomic E-state index is 12.0. The minimum Gasteiger partial charge on any atom is -0.459 e. The van der Waals surface area contributed by atoms with E-state index in [1.165, 1.54) is 24.7 Å². The second-order valence-corrected chi connectivity index (χ2v) is 5.08. The van der Waals surface area contributed by atoms with Gasteiger partial charge in [-0.15, -0.1) is 0 Å². The highest BCUT2D eigenvalue weighted by Gasteiger charge is 2.32. The second-order valence-electron chi connectivity index (χ2n) is 5.08. The van der Waals surface area contributed by atoms with Gasteiger partial charge in [0.1, 0.15) is 0 Å². The molecule has 1 unspecified atom stereocenters. The monoisotopic (exact) mass is 255 g/mol. The molecule has 0 aliphatic heterocycles. The molecule has 1 amide bonds. The van der Waals surface area contributed by atoms with Crippen molar-refractivity contribution in [2.45, 2.75) is 25.3 Å². The molecule has 98 valence electrons. The van der Waals surface area contributed by atoms with E-state index >= 15 is 0 Å². The smallest absolute Gasteiger partial charge is 0.287 e. The fourth-order valence-electron chi connectivity index (χ4n) is 2.35. The number of hydrogen-bond donors (Lipinski definition) is 1. The van der Waals surface area contributed by atoms with Crippen LogP contribution in [0.3, 0.4) is 0 Å². The van der Waals surface area contributed by atoms with Crippen molar-refractivity contribution in [3.63, 3.8) is 0 Å². The first-order valence-corrected chi connectivity index (χ1v) is 6.71. The van der Waals surface area contributed by atoms with Crippen LogP contribution in [0.5, 0.6) is 0 Å². The van der Waals surface area contributed by atoms with Crippen molar-refractivity contribution in [1.29, 1.82) is 0 Å². The van der Waals surface area contributed by atoms with Crippen molar-refractivity contribution in [1.82, 2.24) is 5.32 Å². The Hall–Kier alpha value is -2.03. The largest absolute Gasteiger partial charge is 0.459 e. The molecule has 3 nitrogen and oxygen atoms in total. The molecule has 1 aliphatic carbocycles. The van der Waals surface area contributed by atoms with Crippen molar-refractivity contribution in [3.05, 3.63) is 60.1 Å². The van der Waals surface area contributed by atoms with Crippen LogP contribution in [0.4, 0.5) is 0 Å². The highest BCUT2D eigenvalue weighted by Crippen LogP contribution is 2.34. The quantitative estimate of drug-likeness (QED) is 0.892. The Morgan fingerprint density at radius 3 is 2.63 bits per heavy atom. The van der Waals surface area contributed by atoms with Crippen LogP contribution in [0.1, 0.15) is 29.0 Å². The molecule has 3 rings (SSSR count). The summed E-state index contributed by atoms with van der Waals surface area (Å²) in [7, 11) is 0. The fourth-order valence-corrected chi connectivity index (χ4v) is 2.35. The van der Waals surface area contributed by atoms with Gasteiger partial charge in [0.2, 0.25) is 0 Å². The summed E-state index contributed by atoms with van der Waals surface area (Å²) in [6.45, 7) is 0. The summed E-state index contributed by atoms with van der Waals surface area (Å²) in [6.07, 6.45) is 4.82. The number of carbonyl (C=O) groups is 1. The number of amides is 1. The van der Waals surface area contributed by atoms with Gasteiger partial charge in [0.05, 0.1) is 6.26 Å². The van der Waals surface area contributed by atoms with Gasteiger partial charge >= 0.3 is 0 Å². The maximum Gasteiger partial charge on any atom is 0.287 e. The van der Waals surface area contributed by atoms with E-state index < -0.39 is 0 Å². The molecule has 1 fully saturated rings. The van der Waals surface area contributed by atoms with E-state index in [-0.39, 0.29) is 11.9 Å². The number of hydrogen-bond acceptors (Lipinski definition) is 2. The Kier molecular flexibility index (Phi) is 3.36. The average molecular weight is 255 g/mol. The Bertz CT molecular complexity index is 529. The van der Waals surface area contributed by atoms with Crippen LogP contribution in [-0.2, 0) is 6.42 Å². The van der Waals surface area contributed by atoms with Gasteiger partial charge in [0.25, 0.3) is 5.91 Å². The van der Waals surface area contributed by atoms with Crippen LogP contribution in [0.15, 0.2) is 53.1 Å². The normalized spacial score (nSPS) is 16.0. The molecule has 19 heavy (non-hydrogen) atoms. The maximum absolute atomic E-state index is 12.0. The van der Waals surface area contributed by atoms with Crippen LogP contribution < -0.4 is 5.32 Å². The van der Waals surface area contributed by atoms with Crippen LogP contribution in [0.2, 0.25) is 0 Å². The number of carbonyl (C=O) groups excluding carboxylic acids is 1. The third-order valence-corrected chi connectivity index (χ3v) is 3.55.